The second kappa shape index (κ2) is 6.90. The van der Waals surface area contributed by atoms with Crippen molar-refractivity contribution in [2.75, 3.05) is 6.54 Å². The van der Waals surface area contributed by atoms with E-state index in [1.165, 1.54) is 5.56 Å². The molecule has 0 spiro atoms. The third-order valence-corrected chi connectivity index (χ3v) is 5.45. The van der Waals surface area contributed by atoms with Crippen LogP contribution >= 0.6 is 0 Å². The largest absolute Gasteiger partial charge is 0.336 e. The standard InChI is InChI=1S/C21H23N3O2/c1-3-17(15-8-5-4-6-9-15)19-10-7-11-24(19)21(25)16-12-18-14(2)23-26-20(18)22-13-16/h4-6,8-9,12-13,17,19H,3,7,10-11H2,1-2H3/t17-,19+/m0/s1. The normalized spacial score (nSPS) is 18.4. The van der Waals surface area contributed by atoms with Gasteiger partial charge >= 0.3 is 0 Å². The Balaban J connectivity index is 1.64. The number of fused-ring (bicyclic) bond motifs is 1. The van der Waals surface area contributed by atoms with Crippen LogP contribution in [-0.2, 0) is 0 Å². The Morgan fingerprint density at radius 3 is 2.92 bits per heavy atom. The van der Waals surface area contributed by atoms with E-state index in [0.29, 0.717) is 17.2 Å². The predicted molar refractivity (Wildman–Crippen MR) is 100 cm³/mol. The van der Waals surface area contributed by atoms with Crippen LogP contribution < -0.4 is 0 Å². The first-order chi connectivity index (χ1) is 12.7. The molecule has 2 atom stereocenters. The Hall–Kier alpha value is -2.69. The molecule has 1 aliphatic heterocycles. The SMILES string of the molecule is CC[C@@H](c1ccccc1)[C@H]1CCCN1C(=O)c1cnc2onc(C)c2c1. The highest BCUT2D eigenvalue weighted by molar-refractivity contribution is 5.97. The lowest BCUT2D eigenvalue weighted by molar-refractivity contribution is 0.0714. The average molecular weight is 349 g/mol. The van der Waals surface area contributed by atoms with Gasteiger partial charge in [0.1, 0.15) is 0 Å². The van der Waals surface area contributed by atoms with E-state index in [9.17, 15) is 4.79 Å². The Bertz CT molecular complexity index is 919. The number of rotatable bonds is 4. The average Bonchev–Trinajstić information content (AvgIpc) is 3.30. The van der Waals surface area contributed by atoms with E-state index in [4.69, 9.17) is 4.52 Å². The number of likely N-dealkylation sites (tertiary alicyclic amines) is 1. The number of hydrogen-bond acceptors (Lipinski definition) is 4. The number of amides is 1. The number of aryl methyl sites for hydroxylation is 1. The van der Waals surface area contributed by atoms with Gasteiger partial charge in [0.15, 0.2) is 0 Å². The third kappa shape index (κ3) is 2.87. The minimum Gasteiger partial charge on any atom is -0.336 e. The predicted octanol–water partition coefficient (Wildman–Crippen LogP) is 4.33. The van der Waals surface area contributed by atoms with Crippen LogP contribution in [0.25, 0.3) is 11.1 Å². The highest BCUT2D eigenvalue weighted by Gasteiger charge is 2.35. The molecule has 0 aliphatic carbocycles. The maximum absolute atomic E-state index is 13.2. The number of hydrogen-bond donors (Lipinski definition) is 0. The molecule has 1 aromatic carbocycles. The fourth-order valence-electron chi connectivity index (χ4n) is 4.12. The first-order valence-electron chi connectivity index (χ1n) is 9.27. The molecule has 5 nitrogen and oxygen atoms in total. The van der Waals surface area contributed by atoms with Crippen molar-refractivity contribution in [1.29, 1.82) is 0 Å². The van der Waals surface area contributed by atoms with Crippen molar-refractivity contribution in [3.63, 3.8) is 0 Å². The van der Waals surface area contributed by atoms with Gasteiger partial charge in [-0.15, -0.1) is 0 Å². The second-order valence-electron chi connectivity index (χ2n) is 6.98. The summed E-state index contributed by atoms with van der Waals surface area (Å²) in [5.41, 5.74) is 3.16. The summed E-state index contributed by atoms with van der Waals surface area (Å²) in [4.78, 5) is 19.5. The lowest BCUT2D eigenvalue weighted by Gasteiger charge is -2.31. The van der Waals surface area contributed by atoms with Crippen molar-refractivity contribution < 1.29 is 9.32 Å². The first-order valence-corrected chi connectivity index (χ1v) is 9.27. The Morgan fingerprint density at radius 2 is 2.15 bits per heavy atom. The molecule has 0 N–H and O–H groups in total. The van der Waals surface area contributed by atoms with Crippen molar-refractivity contribution in [1.82, 2.24) is 15.0 Å². The molecule has 2 aromatic heterocycles. The van der Waals surface area contributed by atoms with E-state index in [1.807, 2.05) is 24.0 Å². The van der Waals surface area contributed by atoms with E-state index < -0.39 is 0 Å². The second-order valence-corrected chi connectivity index (χ2v) is 6.98. The van der Waals surface area contributed by atoms with Gasteiger partial charge in [0.25, 0.3) is 11.6 Å². The number of pyridine rings is 1. The molecule has 1 fully saturated rings. The lowest BCUT2D eigenvalue weighted by Crippen LogP contribution is -2.39. The van der Waals surface area contributed by atoms with Crippen LogP contribution in [0.4, 0.5) is 0 Å². The summed E-state index contributed by atoms with van der Waals surface area (Å²) in [6.07, 6.45) is 4.71. The Kier molecular flexibility index (Phi) is 4.45. The van der Waals surface area contributed by atoms with Gasteiger partial charge < -0.3 is 9.42 Å². The molecule has 0 radical (unpaired) electrons. The van der Waals surface area contributed by atoms with Crippen LogP contribution in [0, 0.1) is 6.92 Å². The summed E-state index contributed by atoms with van der Waals surface area (Å²) in [6.45, 7) is 4.86. The molecule has 134 valence electrons. The van der Waals surface area contributed by atoms with E-state index >= 15 is 0 Å². The molecule has 3 aromatic rings. The van der Waals surface area contributed by atoms with Crippen molar-refractivity contribution in [2.45, 2.75) is 45.1 Å². The van der Waals surface area contributed by atoms with Crippen molar-refractivity contribution >= 4 is 17.0 Å². The van der Waals surface area contributed by atoms with Gasteiger partial charge in [-0.2, -0.15) is 0 Å². The van der Waals surface area contributed by atoms with Gasteiger partial charge in [0.05, 0.1) is 16.6 Å². The van der Waals surface area contributed by atoms with Gasteiger partial charge in [0, 0.05) is 24.7 Å². The molecule has 0 saturated carbocycles. The Labute approximate surface area is 153 Å². The molecular formula is C21H23N3O2. The summed E-state index contributed by atoms with van der Waals surface area (Å²) < 4.78 is 5.16. The quantitative estimate of drug-likeness (QED) is 0.703. The smallest absolute Gasteiger partial charge is 0.257 e. The van der Waals surface area contributed by atoms with Crippen molar-refractivity contribution in [3.8, 4) is 0 Å². The molecular weight excluding hydrogens is 326 g/mol. The lowest BCUT2D eigenvalue weighted by atomic mass is 9.87. The Morgan fingerprint density at radius 1 is 1.35 bits per heavy atom. The number of aromatic nitrogens is 2. The molecule has 4 rings (SSSR count). The van der Waals surface area contributed by atoms with Crippen LogP contribution in [0.5, 0.6) is 0 Å². The zero-order valence-corrected chi connectivity index (χ0v) is 15.2. The minimum absolute atomic E-state index is 0.0527. The molecule has 0 unspecified atom stereocenters. The summed E-state index contributed by atoms with van der Waals surface area (Å²) in [5.74, 6) is 0.411. The molecule has 0 bridgehead atoms. The van der Waals surface area contributed by atoms with Crippen LogP contribution in [0.3, 0.4) is 0 Å². The monoisotopic (exact) mass is 349 g/mol. The molecule has 1 amide bonds. The fraction of sp³-hybridized carbons (Fsp3) is 0.381. The molecule has 1 aliphatic rings. The number of carbonyl (C=O) groups is 1. The van der Waals surface area contributed by atoms with E-state index in [0.717, 1.165) is 36.9 Å². The highest BCUT2D eigenvalue weighted by atomic mass is 16.5. The summed E-state index contributed by atoms with van der Waals surface area (Å²) in [7, 11) is 0. The van der Waals surface area contributed by atoms with Gasteiger partial charge in [-0.1, -0.05) is 42.4 Å². The highest BCUT2D eigenvalue weighted by Crippen LogP contribution is 2.34. The van der Waals surface area contributed by atoms with Gasteiger partial charge in [-0.3, -0.25) is 4.79 Å². The summed E-state index contributed by atoms with van der Waals surface area (Å²) >= 11 is 0. The van der Waals surface area contributed by atoms with Crippen molar-refractivity contribution in [3.05, 3.63) is 59.4 Å². The third-order valence-electron chi connectivity index (χ3n) is 5.45. The molecule has 26 heavy (non-hydrogen) atoms. The van der Waals surface area contributed by atoms with E-state index in [2.05, 4.69) is 41.3 Å². The summed E-state index contributed by atoms with van der Waals surface area (Å²) in [6, 6.07) is 12.6. The van der Waals surface area contributed by atoms with E-state index in [1.54, 1.807) is 6.20 Å². The fourth-order valence-corrected chi connectivity index (χ4v) is 4.12. The van der Waals surface area contributed by atoms with Crippen molar-refractivity contribution in [2.24, 2.45) is 0 Å². The van der Waals surface area contributed by atoms with Crippen LogP contribution in [0.1, 0.15) is 53.7 Å². The summed E-state index contributed by atoms with van der Waals surface area (Å²) in [5, 5.41) is 4.73. The number of carbonyl (C=O) groups excluding carboxylic acids is 1. The maximum Gasteiger partial charge on any atom is 0.257 e. The topological polar surface area (TPSA) is 59.2 Å². The minimum atomic E-state index is 0.0527. The van der Waals surface area contributed by atoms with Gasteiger partial charge in [0.2, 0.25) is 0 Å². The maximum atomic E-state index is 13.2. The van der Waals surface area contributed by atoms with Crippen LogP contribution in [-0.4, -0.2) is 33.5 Å². The number of benzene rings is 1. The number of nitrogens with zero attached hydrogens (tertiary/aromatic N) is 3. The van der Waals surface area contributed by atoms with Gasteiger partial charge in [-0.05, 0) is 37.8 Å². The molecule has 1 saturated heterocycles. The van der Waals surface area contributed by atoms with Crippen LogP contribution in [0.2, 0.25) is 0 Å². The zero-order chi connectivity index (χ0) is 18.1. The first kappa shape index (κ1) is 16.8. The van der Waals surface area contributed by atoms with Crippen LogP contribution in [0.15, 0.2) is 47.1 Å². The molecule has 5 heteroatoms. The van der Waals surface area contributed by atoms with Gasteiger partial charge in [-0.25, -0.2) is 4.98 Å². The van der Waals surface area contributed by atoms with E-state index in [-0.39, 0.29) is 11.9 Å². The zero-order valence-electron chi connectivity index (χ0n) is 15.2. The molecule has 3 heterocycles.